The summed E-state index contributed by atoms with van der Waals surface area (Å²) in [4.78, 5) is 44.7. The number of hydrogen-bond acceptors (Lipinski definition) is 6. The highest BCUT2D eigenvalue weighted by Gasteiger charge is 2.77. The summed E-state index contributed by atoms with van der Waals surface area (Å²) in [5, 5.41) is 10.2. The minimum Gasteiger partial charge on any atom is -0.461 e. The van der Waals surface area contributed by atoms with Gasteiger partial charge in [-0.05, 0) is 25.7 Å². The first kappa shape index (κ1) is 26.4. The topological polar surface area (TPSA) is 96.4 Å². The summed E-state index contributed by atoms with van der Waals surface area (Å²) in [6.07, 6.45) is 8.65. The van der Waals surface area contributed by atoms with Gasteiger partial charge in [0.05, 0.1) is 30.6 Å². The van der Waals surface area contributed by atoms with Gasteiger partial charge in [-0.3, -0.25) is 14.4 Å². The first-order valence-corrected chi connectivity index (χ1v) is 13.7. The van der Waals surface area contributed by atoms with Crippen molar-refractivity contribution in [1.29, 1.82) is 0 Å². The van der Waals surface area contributed by atoms with Gasteiger partial charge in [-0.15, -0.1) is 6.58 Å². The number of fused-ring (bicyclic) bond motifs is 1. The Hall–Kier alpha value is -1.71. The number of likely N-dealkylation sites (tertiary alicyclic amines) is 1. The second kappa shape index (κ2) is 10.7. The van der Waals surface area contributed by atoms with Crippen LogP contribution >= 0.6 is 15.9 Å². The van der Waals surface area contributed by atoms with E-state index in [0.717, 1.165) is 32.1 Å². The van der Waals surface area contributed by atoms with E-state index in [1.165, 1.54) is 11.0 Å². The van der Waals surface area contributed by atoms with E-state index in [2.05, 4.69) is 29.1 Å². The molecule has 0 aromatic carbocycles. The number of esters is 1. The molecule has 1 spiro atoms. The summed E-state index contributed by atoms with van der Waals surface area (Å²) in [6, 6.07) is -1.39. The molecule has 9 heteroatoms. The van der Waals surface area contributed by atoms with Gasteiger partial charge in [-0.2, -0.15) is 0 Å². The number of carbonyl (C=O) groups excluding carboxylic acids is 3. The molecule has 1 saturated carbocycles. The molecule has 4 aliphatic rings. The van der Waals surface area contributed by atoms with Crippen LogP contribution in [0.5, 0.6) is 0 Å². The number of carbonyl (C=O) groups is 3. The molecular formula is C26H37BrN2O6. The number of aliphatic hydroxyl groups excluding tert-OH is 1. The molecule has 0 radical (unpaired) electrons. The first-order chi connectivity index (χ1) is 16.9. The third kappa shape index (κ3) is 4.27. The Balaban J connectivity index is 1.77. The van der Waals surface area contributed by atoms with Gasteiger partial charge in [-0.25, -0.2) is 0 Å². The molecule has 1 N–H and O–H groups in total. The average Bonchev–Trinajstić information content (AvgIpc) is 3.46. The smallest absolute Gasteiger partial charge is 0.312 e. The van der Waals surface area contributed by atoms with Gasteiger partial charge in [0.25, 0.3) is 0 Å². The molecule has 1 aliphatic carbocycles. The quantitative estimate of drug-likeness (QED) is 0.254. The number of amides is 2. The fourth-order valence-corrected chi connectivity index (χ4v) is 7.71. The Labute approximate surface area is 215 Å². The number of halogens is 1. The minimum absolute atomic E-state index is 0.0397. The Kier molecular flexibility index (Phi) is 8.08. The lowest BCUT2D eigenvalue weighted by Crippen LogP contribution is -2.60. The van der Waals surface area contributed by atoms with Gasteiger partial charge in [0, 0.05) is 17.4 Å². The predicted octanol–water partition coefficient (Wildman–Crippen LogP) is 2.58. The van der Waals surface area contributed by atoms with E-state index in [9.17, 15) is 19.5 Å². The third-order valence-electron chi connectivity index (χ3n) is 8.28. The number of rotatable bonds is 10. The van der Waals surface area contributed by atoms with Crippen molar-refractivity contribution in [2.45, 2.75) is 86.5 Å². The number of aliphatic hydroxyl groups is 1. The number of nitrogens with zero attached hydrogens (tertiary/aromatic N) is 2. The Morgan fingerprint density at radius 1 is 1.31 bits per heavy atom. The molecular weight excluding hydrogens is 516 g/mol. The molecule has 3 saturated heterocycles. The minimum atomic E-state index is -1.15. The molecule has 194 valence electrons. The highest BCUT2D eigenvalue weighted by atomic mass is 79.9. The molecule has 8 nitrogen and oxygen atoms in total. The maximum Gasteiger partial charge on any atom is 0.312 e. The lowest BCUT2D eigenvalue weighted by atomic mass is 9.70. The predicted molar refractivity (Wildman–Crippen MR) is 134 cm³/mol. The Morgan fingerprint density at radius 2 is 2.03 bits per heavy atom. The molecule has 3 heterocycles. The van der Waals surface area contributed by atoms with Crippen molar-refractivity contribution in [3.63, 3.8) is 0 Å². The summed E-state index contributed by atoms with van der Waals surface area (Å²) in [5.74, 6) is -2.65. The lowest BCUT2D eigenvalue weighted by molar-refractivity contribution is -0.156. The van der Waals surface area contributed by atoms with E-state index >= 15 is 0 Å². The standard InChI is InChI=1S/C26H37BrN2O6/c1-4-12-28(17-10-8-7-9-11-17)24(32)22-26-14-18(27)21(35-26)19(25(33)34-13-5-2)20(26)23(31)29(22)16(6-3)15-30/h4-5,16-22,30H,1-2,6-15H2,3H3/t16-,18?,19-,20-,21-,22?,26?/m0/s1. The van der Waals surface area contributed by atoms with Gasteiger partial charge in [0.15, 0.2) is 0 Å². The summed E-state index contributed by atoms with van der Waals surface area (Å²) in [6.45, 7) is 9.50. The van der Waals surface area contributed by atoms with E-state index < -0.39 is 41.6 Å². The summed E-state index contributed by atoms with van der Waals surface area (Å²) < 4.78 is 11.9. The molecule has 3 aliphatic heterocycles. The number of alkyl halides is 1. The van der Waals surface area contributed by atoms with Crippen molar-refractivity contribution in [2.75, 3.05) is 19.8 Å². The first-order valence-electron chi connectivity index (χ1n) is 12.8. The van der Waals surface area contributed by atoms with Crippen molar-refractivity contribution >= 4 is 33.7 Å². The SMILES string of the molecule is C=CCOC(=O)[C@H]1[C@H]2C(=O)N([C@@H](CC)CO)C(C(=O)N(CC=C)C3CCCCC3)C23CC(Br)[C@@H]1O3. The van der Waals surface area contributed by atoms with Crippen molar-refractivity contribution in [1.82, 2.24) is 9.80 Å². The van der Waals surface area contributed by atoms with Crippen LogP contribution in [0.3, 0.4) is 0 Å². The maximum absolute atomic E-state index is 14.4. The fraction of sp³-hybridized carbons (Fsp3) is 0.731. The van der Waals surface area contributed by atoms with E-state index in [1.807, 2.05) is 11.8 Å². The van der Waals surface area contributed by atoms with E-state index in [1.54, 1.807) is 6.08 Å². The van der Waals surface area contributed by atoms with Gasteiger partial charge >= 0.3 is 5.97 Å². The normalized spacial score (nSPS) is 35.0. The highest BCUT2D eigenvalue weighted by molar-refractivity contribution is 9.09. The molecule has 4 fully saturated rings. The van der Waals surface area contributed by atoms with Crippen LogP contribution in [0.2, 0.25) is 0 Å². The zero-order chi connectivity index (χ0) is 25.3. The summed E-state index contributed by atoms with van der Waals surface area (Å²) in [7, 11) is 0. The lowest BCUT2D eigenvalue weighted by Gasteiger charge is -2.42. The molecule has 35 heavy (non-hydrogen) atoms. The Bertz CT molecular complexity index is 857. The summed E-state index contributed by atoms with van der Waals surface area (Å²) >= 11 is 3.66. The molecule has 3 unspecified atom stereocenters. The van der Waals surface area contributed by atoms with Crippen LogP contribution in [0.15, 0.2) is 25.3 Å². The van der Waals surface area contributed by atoms with Crippen LogP contribution in [-0.4, -0.2) is 87.1 Å². The van der Waals surface area contributed by atoms with E-state index in [0.29, 0.717) is 19.4 Å². The average molecular weight is 553 g/mol. The number of hydrogen-bond donors (Lipinski definition) is 1. The second-order valence-corrected chi connectivity index (χ2v) is 11.3. The highest BCUT2D eigenvalue weighted by Crippen LogP contribution is 2.60. The molecule has 7 atom stereocenters. The van der Waals surface area contributed by atoms with E-state index in [4.69, 9.17) is 9.47 Å². The maximum atomic E-state index is 14.4. The Morgan fingerprint density at radius 3 is 2.63 bits per heavy atom. The van der Waals surface area contributed by atoms with Crippen LogP contribution in [0.25, 0.3) is 0 Å². The van der Waals surface area contributed by atoms with E-state index in [-0.39, 0.29) is 35.9 Å². The van der Waals surface area contributed by atoms with Crippen LogP contribution < -0.4 is 0 Å². The summed E-state index contributed by atoms with van der Waals surface area (Å²) in [5.41, 5.74) is -1.15. The van der Waals surface area contributed by atoms with Gasteiger partial charge < -0.3 is 24.4 Å². The van der Waals surface area contributed by atoms with Crippen molar-refractivity contribution in [3.05, 3.63) is 25.3 Å². The second-order valence-electron chi connectivity index (χ2n) is 10.1. The van der Waals surface area contributed by atoms with Crippen LogP contribution in [-0.2, 0) is 23.9 Å². The molecule has 4 rings (SSSR count). The van der Waals surface area contributed by atoms with Crippen molar-refractivity contribution in [3.8, 4) is 0 Å². The van der Waals surface area contributed by atoms with Crippen molar-refractivity contribution < 1.29 is 29.0 Å². The molecule has 2 bridgehead atoms. The molecule has 0 aromatic rings. The number of ether oxygens (including phenoxy) is 2. The molecule has 0 aromatic heterocycles. The third-order valence-corrected chi connectivity index (χ3v) is 9.12. The fourth-order valence-electron chi connectivity index (χ4n) is 6.77. The zero-order valence-corrected chi connectivity index (χ0v) is 22.0. The molecule has 2 amide bonds. The van der Waals surface area contributed by atoms with Crippen LogP contribution in [0, 0.1) is 11.8 Å². The van der Waals surface area contributed by atoms with Crippen LogP contribution in [0.1, 0.15) is 51.9 Å². The van der Waals surface area contributed by atoms with Crippen molar-refractivity contribution in [2.24, 2.45) is 11.8 Å². The monoisotopic (exact) mass is 552 g/mol. The van der Waals surface area contributed by atoms with Gasteiger partial charge in [0.2, 0.25) is 11.8 Å². The zero-order valence-electron chi connectivity index (χ0n) is 20.4. The van der Waals surface area contributed by atoms with Crippen LogP contribution in [0.4, 0.5) is 0 Å². The largest absolute Gasteiger partial charge is 0.461 e. The van der Waals surface area contributed by atoms with Gasteiger partial charge in [0.1, 0.15) is 18.2 Å². The van der Waals surface area contributed by atoms with Gasteiger partial charge in [-0.1, -0.05) is 60.8 Å².